The number of esters is 3. The van der Waals surface area contributed by atoms with Crippen LogP contribution in [0.4, 0.5) is 0 Å². The Labute approximate surface area is 593 Å². The molecule has 0 aromatic rings. The van der Waals surface area contributed by atoms with Crippen LogP contribution in [0.2, 0.25) is 0 Å². The summed E-state index contributed by atoms with van der Waals surface area (Å²) in [5.41, 5.74) is 0. The SMILES string of the molecule is CCCCCCCCCCCCCCCCCC(=O)OCC(COP(=O)(O)OC1C(OC2OC(CO)C(O)C(O)C2O)C(O)C(O)C(O)C1OC1OC(COC(=O)CCCCCCCCCCCCCCCCC)C(O)C(O)C1O)OC(=O)CCCCCCCCCCCCCCCC. The molecule has 3 rings (SSSR count). The average molecular weight is 1440 g/mol. The van der Waals surface area contributed by atoms with E-state index in [2.05, 4.69) is 20.8 Å². The van der Waals surface area contributed by atoms with E-state index >= 15 is 0 Å². The van der Waals surface area contributed by atoms with Gasteiger partial charge in [-0.2, -0.15) is 0 Å². The molecule has 3 fully saturated rings. The number of unbranched alkanes of at least 4 members (excludes halogenated alkanes) is 41. The second-order valence-corrected chi connectivity index (χ2v) is 29.8. The van der Waals surface area contributed by atoms with E-state index in [-0.39, 0.29) is 19.3 Å². The summed E-state index contributed by atoms with van der Waals surface area (Å²) in [7, 11) is -5.69. The Hall–Kier alpha value is -2.04. The lowest BCUT2D eigenvalue weighted by Gasteiger charge is -2.49. The molecule has 2 saturated heterocycles. The molecular weight excluding hydrogens is 1300 g/mol. The largest absolute Gasteiger partial charge is 0.472 e. The smallest absolute Gasteiger partial charge is 0.463 e. The maximum Gasteiger partial charge on any atom is 0.472 e. The number of aliphatic hydroxyl groups is 10. The van der Waals surface area contributed by atoms with Crippen molar-refractivity contribution in [3.8, 4) is 0 Å². The molecular formula is C74H139O24P. The standard InChI is InChI=1S/C74H139O24P/c1-4-7-10-13-16-19-22-25-28-31-33-36-39-42-45-48-58(76)90-52-55(93-60(78)50-47-44-41-38-35-30-27-24-21-18-15-12-9-6-3)53-92-99(88,89)98-72-70(96-73-68(86)63(81)61(79)56(51-75)94-73)66(84)65(83)67(85)71(72)97-74-69(87)64(82)62(80)57(95-74)54-91-59(77)49-46-43-40-37-34-32-29-26-23-20-17-14-11-8-5-2/h55-57,61-75,79-87H,4-54H2,1-3H3,(H,88,89). The Morgan fingerprint density at radius 3 is 0.990 bits per heavy atom. The molecule has 3 aliphatic rings. The number of phosphoric ester groups is 1. The minimum Gasteiger partial charge on any atom is -0.463 e. The Balaban J connectivity index is 1.71. The summed E-state index contributed by atoms with van der Waals surface area (Å²) in [4.78, 5) is 51.1. The van der Waals surface area contributed by atoms with E-state index in [1.165, 1.54) is 173 Å². The fraction of sp³-hybridized carbons (Fsp3) is 0.959. The number of rotatable bonds is 62. The molecule has 18 atom stereocenters. The minimum atomic E-state index is -5.69. The number of hydrogen-bond acceptors (Lipinski definition) is 23. The Bertz CT molecular complexity index is 2050. The van der Waals surface area contributed by atoms with Gasteiger partial charge in [0.1, 0.15) is 98.7 Å². The van der Waals surface area contributed by atoms with Gasteiger partial charge in [0.2, 0.25) is 0 Å². The van der Waals surface area contributed by atoms with Crippen LogP contribution in [0, 0.1) is 0 Å². The van der Waals surface area contributed by atoms with Gasteiger partial charge < -0.3 is 89.1 Å². The molecule has 18 unspecified atom stereocenters. The Kier molecular flexibility index (Phi) is 51.9. The fourth-order valence-electron chi connectivity index (χ4n) is 13.2. The van der Waals surface area contributed by atoms with Crippen molar-refractivity contribution in [2.24, 2.45) is 0 Å². The monoisotopic (exact) mass is 1440 g/mol. The first-order valence-corrected chi connectivity index (χ1v) is 40.8. The van der Waals surface area contributed by atoms with Crippen molar-refractivity contribution in [2.75, 3.05) is 26.4 Å². The number of phosphoric acid groups is 1. The van der Waals surface area contributed by atoms with E-state index < -0.39 is 156 Å². The summed E-state index contributed by atoms with van der Waals surface area (Å²) in [5.74, 6) is -1.97. The minimum absolute atomic E-state index is 0.0330. The fourth-order valence-corrected chi connectivity index (χ4v) is 14.2. The van der Waals surface area contributed by atoms with Crippen molar-refractivity contribution in [1.29, 1.82) is 0 Å². The van der Waals surface area contributed by atoms with Crippen LogP contribution >= 0.6 is 7.82 Å². The predicted molar refractivity (Wildman–Crippen MR) is 375 cm³/mol. The van der Waals surface area contributed by atoms with Gasteiger partial charge in [0.25, 0.3) is 0 Å². The highest BCUT2D eigenvalue weighted by molar-refractivity contribution is 7.47. The summed E-state index contributed by atoms with van der Waals surface area (Å²) >= 11 is 0. The summed E-state index contributed by atoms with van der Waals surface area (Å²) in [5, 5.41) is 110. The first-order valence-electron chi connectivity index (χ1n) is 39.3. The first-order chi connectivity index (χ1) is 47.8. The summed E-state index contributed by atoms with van der Waals surface area (Å²) < 4.78 is 65.1. The van der Waals surface area contributed by atoms with Gasteiger partial charge in [0.05, 0.1) is 13.2 Å². The third-order valence-electron chi connectivity index (χ3n) is 19.6. The highest BCUT2D eigenvalue weighted by atomic mass is 31.2. The van der Waals surface area contributed by atoms with Crippen LogP contribution in [-0.2, 0) is 61.2 Å². The molecule has 11 N–H and O–H groups in total. The number of hydrogen-bond donors (Lipinski definition) is 11. The first kappa shape index (κ1) is 91.2. The number of carbonyl (C=O) groups excluding carboxylic acids is 3. The van der Waals surface area contributed by atoms with Crippen LogP contribution in [0.1, 0.15) is 323 Å². The van der Waals surface area contributed by atoms with Crippen molar-refractivity contribution in [3.05, 3.63) is 0 Å². The van der Waals surface area contributed by atoms with Gasteiger partial charge in [-0.05, 0) is 19.3 Å². The van der Waals surface area contributed by atoms with E-state index in [0.29, 0.717) is 19.3 Å². The van der Waals surface area contributed by atoms with Crippen LogP contribution < -0.4 is 0 Å². The third kappa shape index (κ3) is 39.2. The van der Waals surface area contributed by atoms with Crippen molar-refractivity contribution in [2.45, 2.75) is 427 Å². The topological polar surface area (TPSA) is 374 Å². The van der Waals surface area contributed by atoms with E-state index in [4.69, 9.17) is 42.2 Å². The molecule has 0 aromatic carbocycles. The predicted octanol–water partition coefficient (Wildman–Crippen LogP) is 11.4. The van der Waals surface area contributed by atoms with Gasteiger partial charge in [0.15, 0.2) is 18.7 Å². The zero-order valence-corrected chi connectivity index (χ0v) is 61.9. The maximum atomic E-state index is 14.3. The number of ether oxygens (including phenoxy) is 7. The molecule has 0 radical (unpaired) electrons. The lowest BCUT2D eigenvalue weighted by atomic mass is 9.84. The summed E-state index contributed by atoms with van der Waals surface area (Å²) in [6, 6.07) is 0. The zero-order chi connectivity index (χ0) is 72.5. The molecule has 99 heavy (non-hydrogen) atoms. The van der Waals surface area contributed by atoms with E-state index in [9.17, 15) is 74.9 Å². The van der Waals surface area contributed by atoms with E-state index in [0.717, 1.165) is 89.9 Å². The van der Waals surface area contributed by atoms with Crippen LogP contribution in [-0.4, -0.2) is 204 Å². The zero-order valence-electron chi connectivity index (χ0n) is 61.1. The number of carbonyl (C=O) groups is 3. The molecule has 25 heteroatoms. The molecule has 1 saturated carbocycles. The molecule has 1 aliphatic carbocycles. The molecule has 0 amide bonds. The van der Waals surface area contributed by atoms with Crippen molar-refractivity contribution >= 4 is 25.7 Å². The lowest BCUT2D eigenvalue weighted by molar-refractivity contribution is -0.360. The van der Waals surface area contributed by atoms with Gasteiger partial charge in [-0.3, -0.25) is 23.4 Å². The maximum absolute atomic E-state index is 14.3. The molecule has 2 heterocycles. The van der Waals surface area contributed by atoms with Gasteiger partial charge in [0, 0.05) is 19.3 Å². The molecule has 584 valence electrons. The molecule has 0 aromatic heterocycles. The van der Waals surface area contributed by atoms with Crippen LogP contribution in [0.3, 0.4) is 0 Å². The van der Waals surface area contributed by atoms with Crippen LogP contribution in [0.5, 0.6) is 0 Å². The highest BCUT2D eigenvalue weighted by Crippen LogP contribution is 2.49. The molecule has 0 bridgehead atoms. The molecule has 24 nitrogen and oxygen atoms in total. The third-order valence-corrected chi connectivity index (χ3v) is 20.6. The quantitative estimate of drug-likeness (QED) is 0.0117. The van der Waals surface area contributed by atoms with Gasteiger partial charge in [-0.1, -0.05) is 284 Å². The highest BCUT2D eigenvalue weighted by Gasteiger charge is 2.58. The van der Waals surface area contributed by atoms with Crippen LogP contribution in [0.25, 0.3) is 0 Å². The average Bonchev–Trinajstić information content (AvgIpc) is 0.762. The summed E-state index contributed by atoms with van der Waals surface area (Å²) in [6.07, 6.45) is 14.3. The van der Waals surface area contributed by atoms with E-state index in [1.54, 1.807) is 0 Å². The Morgan fingerprint density at radius 1 is 0.354 bits per heavy atom. The van der Waals surface area contributed by atoms with Crippen LogP contribution in [0.15, 0.2) is 0 Å². The van der Waals surface area contributed by atoms with Crippen molar-refractivity contribution in [3.63, 3.8) is 0 Å². The van der Waals surface area contributed by atoms with Gasteiger partial charge in [-0.15, -0.1) is 0 Å². The van der Waals surface area contributed by atoms with E-state index in [1.807, 2.05) is 0 Å². The number of aliphatic hydroxyl groups excluding tert-OH is 10. The lowest BCUT2D eigenvalue weighted by Crippen LogP contribution is -2.69. The van der Waals surface area contributed by atoms with Crippen molar-refractivity contribution in [1.82, 2.24) is 0 Å². The molecule has 0 spiro atoms. The normalized spacial score (nSPS) is 27.4. The second-order valence-electron chi connectivity index (χ2n) is 28.4. The summed E-state index contributed by atoms with van der Waals surface area (Å²) in [6.45, 7) is 3.49. The molecule has 2 aliphatic heterocycles. The second kappa shape index (κ2) is 56.3. The Morgan fingerprint density at radius 2 is 0.646 bits per heavy atom. The van der Waals surface area contributed by atoms with Crippen molar-refractivity contribution < 1.29 is 117 Å². The van der Waals surface area contributed by atoms with Gasteiger partial charge in [-0.25, -0.2) is 4.57 Å². The van der Waals surface area contributed by atoms with Gasteiger partial charge >= 0.3 is 25.7 Å².